The number of para-hydroxylation sites is 1. The van der Waals surface area contributed by atoms with Crippen LogP contribution in [0.1, 0.15) is 31.0 Å². The van der Waals surface area contributed by atoms with Crippen molar-refractivity contribution < 1.29 is 23.9 Å². The highest BCUT2D eigenvalue weighted by Crippen LogP contribution is 2.35. The normalized spacial score (nSPS) is 17.1. The average Bonchev–Trinajstić information content (AvgIpc) is 3.39. The van der Waals surface area contributed by atoms with Crippen LogP contribution in [0, 0.1) is 0 Å². The van der Waals surface area contributed by atoms with Crippen LogP contribution in [-0.2, 0) is 19.1 Å². The molecule has 1 atom stereocenters. The van der Waals surface area contributed by atoms with Crippen LogP contribution in [-0.4, -0.2) is 35.6 Å². The van der Waals surface area contributed by atoms with E-state index in [2.05, 4.69) is 18.2 Å². The van der Waals surface area contributed by atoms with Gasteiger partial charge in [0.15, 0.2) is 4.80 Å². The Bertz CT molecular complexity index is 1800. The van der Waals surface area contributed by atoms with Crippen molar-refractivity contribution in [2.24, 2.45) is 4.99 Å². The van der Waals surface area contributed by atoms with Gasteiger partial charge in [-0.2, -0.15) is 0 Å². The molecular weight excluding hydrogens is 530 g/mol. The highest BCUT2D eigenvalue weighted by molar-refractivity contribution is 7.07. The number of allylic oxidation sites excluding steroid dienone is 1. The number of fused-ring (bicyclic) bond motifs is 2. The van der Waals surface area contributed by atoms with Crippen molar-refractivity contribution in [2.45, 2.75) is 19.9 Å². The molecule has 40 heavy (non-hydrogen) atoms. The average molecular weight is 556 g/mol. The van der Waals surface area contributed by atoms with Gasteiger partial charge < -0.3 is 14.4 Å². The molecule has 2 aliphatic heterocycles. The van der Waals surface area contributed by atoms with Crippen LogP contribution in [0.25, 0.3) is 5.57 Å². The van der Waals surface area contributed by atoms with Crippen molar-refractivity contribution in [2.75, 3.05) is 18.1 Å². The van der Waals surface area contributed by atoms with Crippen LogP contribution in [0.3, 0.4) is 0 Å². The summed E-state index contributed by atoms with van der Waals surface area (Å²) in [5.74, 6) is -1.11. The minimum atomic E-state index is -0.898. The standard InChI is InChI=1S/C30H25N3O6S/c1-5-15-32-22-10-8-7-9-21(22)24(27(32)35)26-28(36)33-25(19-11-13-20(14-12-19)39-18(4)34)23(29(37)38-16-6-2)17(3)31-30(33)40-26/h5-14,25H,1-2,15-16H2,3-4H3/b26-24-. The summed E-state index contributed by atoms with van der Waals surface area (Å²) >= 11 is 1.09. The number of aromatic nitrogens is 1. The van der Waals surface area contributed by atoms with Crippen molar-refractivity contribution in [1.29, 1.82) is 0 Å². The van der Waals surface area contributed by atoms with E-state index in [1.54, 1.807) is 48.2 Å². The summed E-state index contributed by atoms with van der Waals surface area (Å²) in [6.45, 7) is 10.6. The monoisotopic (exact) mass is 555 g/mol. The molecule has 10 heteroatoms. The van der Waals surface area contributed by atoms with E-state index in [1.807, 2.05) is 18.2 Å². The van der Waals surface area contributed by atoms with Gasteiger partial charge in [-0.1, -0.05) is 60.4 Å². The first-order valence-electron chi connectivity index (χ1n) is 12.4. The quantitative estimate of drug-likeness (QED) is 0.252. The number of carbonyl (C=O) groups excluding carboxylic acids is 3. The highest BCUT2D eigenvalue weighted by Gasteiger charge is 2.37. The van der Waals surface area contributed by atoms with Gasteiger partial charge in [0.25, 0.3) is 11.5 Å². The first-order chi connectivity index (χ1) is 19.3. The molecule has 1 unspecified atom stereocenters. The Morgan fingerprint density at radius 3 is 2.48 bits per heavy atom. The second-order valence-corrected chi connectivity index (χ2v) is 10.0. The minimum Gasteiger partial charge on any atom is -0.458 e. The van der Waals surface area contributed by atoms with Gasteiger partial charge in [0.1, 0.15) is 16.9 Å². The first kappa shape index (κ1) is 26.8. The SMILES string of the molecule is C=CCOC(=O)C1=C(C)N=c2s/c(=C3\C(=O)N(CC=C)c4ccccc43)c(=O)n2C1c1ccc(OC(C)=O)cc1. The third-order valence-electron chi connectivity index (χ3n) is 6.47. The van der Waals surface area contributed by atoms with E-state index < -0.39 is 23.5 Å². The van der Waals surface area contributed by atoms with Crippen molar-refractivity contribution in [3.63, 3.8) is 0 Å². The van der Waals surface area contributed by atoms with Gasteiger partial charge in [-0.25, -0.2) is 9.79 Å². The summed E-state index contributed by atoms with van der Waals surface area (Å²) in [7, 11) is 0. The van der Waals surface area contributed by atoms with E-state index >= 15 is 0 Å². The van der Waals surface area contributed by atoms with Gasteiger partial charge >= 0.3 is 11.9 Å². The van der Waals surface area contributed by atoms with Crippen LogP contribution in [0.4, 0.5) is 5.69 Å². The molecule has 0 saturated carbocycles. The Morgan fingerprint density at radius 1 is 1.07 bits per heavy atom. The van der Waals surface area contributed by atoms with E-state index in [1.165, 1.54) is 17.6 Å². The van der Waals surface area contributed by atoms with E-state index in [0.717, 1.165) is 11.3 Å². The lowest BCUT2D eigenvalue weighted by Gasteiger charge is -2.24. The van der Waals surface area contributed by atoms with Crippen LogP contribution in [0.15, 0.2) is 94.9 Å². The molecule has 2 aromatic carbocycles. The fraction of sp³-hybridized carbons (Fsp3) is 0.167. The first-order valence-corrected chi connectivity index (χ1v) is 13.2. The third kappa shape index (κ3) is 4.52. The molecule has 5 rings (SSSR count). The number of hydrogen-bond acceptors (Lipinski definition) is 8. The maximum atomic E-state index is 14.1. The molecule has 0 N–H and O–H groups in total. The molecule has 0 radical (unpaired) electrons. The lowest BCUT2D eigenvalue weighted by Crippen LogP contribution is -2.41. The van der Waals surface area contributed by atoms with Gasteiger partial charge in [0.05, 0.1) is 28.6 Å². The van der Waals surface area contributed by atoms with Gasteiger partial charge in [0.2, 0.25) is 0 Å². The Hall–Kier alpha value is -4.83. The maximum absolute atomic E-state index is 14.1. The Labute approximate surface area is 233 Å². The second-order valence-electron chi connectivity index (χ2n) is 9.05. The number of esters is 2. The molecule has 1 amide bonds. The topological polar surface area (TPSA) is 107 Å². The van der Waals surface area contributed by atoms with Crippen molar-refractivity contribution in [3.8, 4) is 5.75 Å². The molecule has 0 saturated heterocycles. The Balaban J connectivity index is 1.76. The van der Waals surface area contributed by atoms with E-state index in [-0.39, 0.29) is 34.7 Å². The highest BCUT2D eigenvalue weighted by atomic mass is 32.1. The molecule has 202 valence electrons. The zero-order chi connectivity index (χ0) is 28.6. The van der Waals surface area contributed by atoms with Crippen molar-refractivity contribution >= 4 is 40.4 Å². The molecule has 1 aromatic heterocycles. The van der Waals surface area contributed by atoms with Crippen LogP contribution >= 0.6 is 11.3 Å². The van der Waals surface area contributed by atoms with E-state index in [9.17, 15) is 19.2 Å². The molecule has 3 aromatic rings. The van der Waals surface area contributed by atoms with Crippen molar-refractivity contribution in [3.05, 3.63) is 116 Å². The van der Waals surface area contributed by atoms with Gasteiger partial charge in [0, 0.05) is 19.0 Å². The molecule has 0 aliphatic carbocycles. The van der Waals surface area contributed by atoms with Crippen LogP contribution in [0.5, 0.6) is 5.75 Å². The number of rotatable bonds is 7. The summed E-state index contributed by atoms with van der Waals surface area (Å²) in [6, 6.07) is 12.9. The smallest absolute Gasteiger partial charge is 0.338 e. The predicted octanol–water partition coefficient (Wildman–Crippen LogP) is 2.79. The fourth-order valence-electron chi connectivity index (χ4n) is 4.85. The zero-order valence-corrected chi connectivity index (χ0v) is 22.7. The molecule has 0 fully saturated rings. The molecule has 3 heterocycles. The second kappa shape index (κ2) is 10.7. The number of carbonyl (C=O) groups is 3. The number of anilines is 1. The number of amides is 1. The number of ether oxygens (including phenoxy) is 2. The Morgan fingerprint density at radius 2 is 1.80 bits per heavy atom. The number of benzene rings is 2. The summed E-state index contributed by atoms with van der Waals surface area (Å²) in [5.41, 5.74) is 2.28. The largest absolute Gasteiger partial charge is 0.458 e. The van der Waals surface area contributed by atoms with E-state index in [4.69, 9.17) is 9.47 Å². The fourth-order valence-corrected chi connectivity index (χ4v) is 5.99. The van der Waals surface area contributed by atoms with Crippen LogP contribution < -0.4 is 24.5 Å². The third-order valence-corrected chi connectivity index (χ3v) is 7.52. The van der Waals surface area contributed by atoms with Gasteiger partial charge in [-0.3, -0.25) is 19.0 Å². The molecule has 0 bridgehead atoms. The molecule has 0 spiro atoms. The van der Waals surface area contributed by atoms with Gasteiger partial charge in [-0.05, 0) is 30.7 Å². The zero-order valence-electron chi connectivity index (χ0n) is 21.9. The summed E-state index contributed by atoms with van der Waals surface area (Å²) < 4.78 is 12.2. The van der Waals surface area contributed by atoms with Gasteiger partial charge in [-0.15, -0.1) is 6.58 Å². The number of hydrogen-bond donors (Lipinski definition) is 0. The molecule has 9 nitrogen and oxygen atoms in total. The lowest BCUT2D eigenvalue weighted by atomic mass is 9.96. The predicted molar refractivity (Wildman–Crippen MR) is 151 cm³/mol. The maximum Gasteiger partial charge on any atom is 0.338 e. The number of thiazole rings is 1. The van der Waals surface area contributed by atoms with Crippen LogP contribution in [0.2, 0.25) is 0 Å². The minimum absolute atomic E-state index is 0.0211. The summed E-state index contributed by atoms with van der Waals surface area (Å²) in [4.78, 5) is 58.9. The van der Waals surface area contributed by atoms with E-state index in [0.29, 0.717) is 33.1 Å². The Kier molecular flexibility index (Phi) is 7.19. The molecular formula is C30H25N3O6S. The van der Waals surface area contributed by atoms with Crippen molar-refractivity contribution in [1.82, 2.24) is 4.57 Å². The summed E-state index contributed by atoms with van der Waals surface area (Å²) in [6.07, 6.45) is 3.08. The molecule has 2 aliphatic rings. The lowest BCUT2D eigenvalue weighted by molar-refractivity contribution is -0.138. The summed E-state index contributed by atoms with van der Waals surface area (Å²) in [5, 5.41) is 0. The number of nitrogens with zero attached hydrogens (tertiary/aromatic N) is 3.